The number of unbranched alkanes of at least 4 members (excludes halogenated alkanes) is 2. The van der Waals surface area contributed by atoms with Crippen LogP contribution in [0.5, 0.6) is 0 Å². The van der Waals surface area contributed by atoms with Crippen molar-refractivity contribution in [1.82, 2.24) is 4.31 Å². The average Bonchev–Trinajstić information content (AvgIpc) is 2.26. The molecule has 1 saturated heterocycles. The van der Waals surface area contributed by atoms with E-state index in [4.69, 9.17) is 0 Å². The van der Waals surface area contributed by atoms with Gasteiger partial charge in [-0.2, -0.15) is 4.31 Å². The van der Waals surface area contributed by atoms with E-state index in [0.717, 1.165) is 38.5 Å². The molecule has 3 nitrogen and oxygen atoms in total. The summed E-state index contributed by atoms with van der Waals surface area (Å²) in [6, 6.07) is 0. The molecular formula is C11H21NO2S. The van der Waals surface area contributed by atoms with E-state index in [1.807, 2.05) is 0 Å². The van der Waals surface area contributed by atoms with Gasteiger partial charge in [0.2, 0.25) is 10.0 Å². The molecule has 88 valence electrons. The summed E-state index contributed by atoms with van der Waals surface area (Å²) in [5, 5.41) is 1.38. The van der Waals surface area contributed by atoms with E-state index in [-0.39, 0.29) is 0 Å². The Morgan fingerprint density at radius 1 is 1.20 bits per heavy atom. The van der Waals surface area contributed by atoms with Crippen LogP contribution in [0.4, 0.5) is 0 Å². The number of sulfonamides is 1. The second-order valence-electron chi connectivity index (χ2n) is 4.02. The molecule has 0 unspecified atom stereocenters. The van der Waals surface area contributed by atoms with Gasteiger partial charge in [0.1, 0.15) is 0 Å². The Hall–Kier alpha value is -0.350. The lowest BCUT2D eigenvalue weighted by Gasteiger charge is -2.24. The molecule has 0 N–H and O–H groups in total. The Balaban J connectivity index is 2.46. The van der Waals surface area contributed by atoms with Crippen LogP contribution < -0.4 is 0 Å². The fourth-order valence-electron chi connectivity index (χ4n) is 1.72. The maximum absolute atomic E-state index is 11.8. The molecule has 0 aromatic carbocycles. The zero-order valence-electron chi connectivity index (χ0n) is 9.48. The first-order valence-electron chi connectivity index (χ1n) is 5.83. The first-order valence-corrected chi connectivity index (χ1v) is 7.34. The van der Waals surface area contributed by atoms with Crippen LogP contribution in [0.25, 0.3) is 0 Å². The van der Waals surface area contributed by atoms with Crippen molar-refractivity contribution in [3.05, 3.63) is 11.5 Å². The van der Waals surface area contributed by atoms with Gasteiger partial charge >= 0.3 is 0 Å². The molecule has 0 spiro atoms. The summed E-state index contributed by atoms with van der Waals surface area (Å²) < 4.78 is 25.2. The van der Waals surface area contributed by atoms with Crippen molar-refractivity contribution < 1.29 is 8.42 Å². The average molecular weight is 231 g/mol. The third kappa shape index (κ3) is 4.34. The van der Waals surface area contributed by atoms with Crippen molar-refractivity contribution in [2.24, 2.45) is 0 Å². The standard InChI is InChI=1S/C11H21NO2S/c1-2-3-4-8-11-15(13,14)12-9-6-5-7-10-12/h8,11H,2-7,9-10H2,1H3/b11-8+. The first kappa shape index (κ1) is 12.7. The number of rotatable bonds is 5. The molecule has 15 heavy (non-hydrogen) atoms. The monoisotopic (exact) mass is 231 g/mol. The summed E-state index contributed by atoms with van der Waals surface area (Å²) >= 11 is 0. The van der Waals surface area contributed by atoms with Crippen LogP contribution in [0.2, 0.25) is 0 Å². The van der Waals surface area contributed by atoms with E-state index in [9.17, 15) is 8.42 Å². The predicted molar refractivity (Wildman–Crippen MR) is 63.0 cm³/mol. The lowest BCUT2D eigenvalue weighted by molar-refractivity contribution is 0.350. The van der Waals surface area contributed by atoms with Gasteiger partial charge in [0.05, 0.1) is 0 Å². The summed E-state index contributed by atoms with van der Waals surface area (Å²) in [6.07, 6.45) is 7.98. The maximum atomic E-state index is 11.8. The van der Waals surface area contributed by atoms with Gasteiger partial charge in [0.15, 0.2) is 0 Å². The van der Waals surface area contributed by atoms with Gasteiger partial charge in [-0.3, -0.25) is 0 Å². The highest BCUT2D eigenvalue weighted by Gasteiger charge is 2.20. The molecule has 1 rings (SSSR count). The van der Waals surface area contributed by atoms with Crippen LogP contribution in [0.1, 0.15) is 45.4 Å². The minimum Gasteiger partial charge on any atom is -0.208 e. The number of hydrogen-bond donors (Lipinski definition) is 0. The molecule has 0 amide bonds. The van der Waals surface area contributed by atoms with E-state index >= 15 is 0 Å². The lowest BCUT2D eigenvalue weighted by Crippen LogP contribution is -2.34. The molecule has 0 aliphatic carbocycles. The van der Waals surface area contributed by atoms with Crippen molar-refractivity contribution in [1.29, 1.82) is 0 Å². The summed E-state index contributed by atoms with van der Waals surface area (Å²) in [7, 11) is -3.11. The van der Waals surface area contributed by atoms with Gasteiger partial charge in [-0.25, -0.2) is 8.42 Å². The highest BCUT2D eigenvalue weighted by molar-refractivity contribution is 7.92. The third-order valence-corrected chi connectivity index (χ3v) is 4.29. The minimum absolute atomic E-state index is 0.695. The Morgan fingerprint density at radius 3 is 2.47 bits per heavy atom. The molecular weight excluding hydrogens is 210 g/mol. The van der Waals surface area contributed by atoms with Crippen molar-refractivity contribution in [2.75, 3.05) is 13.1 Å². The second kappa shape index (κ2) is 6.28. The SMILES string of the molecule is CCCC/C=C/S(=O)(=O)N1CCCCC1. The van der Waals surface area contributed by atoms with E-state index in [2.05, 4.69) is 6.92 Å². The van der Waals surface area contributed by atoms with Gasteiger partial charge in [0, 0.05) is 18.5 Å². The Bertz CT molecular complexity index is 290. The Kier molecular flexibility index (Phi) is 5.32. The zero-order chi connectivity index (χ0) is 11.1. The van der Waals surface area contributed by atoms with Gasteiger partial charge in [0.25, 0.3) is 0 Å². The molecule has 0 radical (unpaired) electrons. The third-order valence-electron chi connectivity index (χ3n) is 2.67. The van der Waals surface area contributed by atoms with Gasteiger partial charge in [-0.05, 0) is 19.3 Å². The normalized spacial score (nSPS) is 19.8. The number of hydrogen-bond acceptors (Lipinski definition) is 2. The molecule has 1 aliphatic heterocycles. The zero-order valence-corrected chi connectivity index (χ0v) is 10.3. The maximum Gasteiger partial charge on any atom is 0.235 e. The number of piperidine rings is 1. The molecule has 0 bridgehead atoms. The highest BCUT2D eigenvalue weighted by Crippen LogP contribution is 2.14. The fraction of sp³-hybridized carbons (Fsp3) is 0.818. The van der Waals surface area contributed by atoms with Crippen LogP contribution in [0, 0.1) is 0 Å². The smallest absolute Gasteiger partial charge is 0.208 e. The summed E-state index contributed by atoms with van der Waals surface area (Å²) in [5.74, 6) is 0. The van der Waals surface area contributed by atoms with Crippen LogP contribution in [0.15, 0.2) is 11.5 Å². The summed E-state index contributed by atoms with van der Waals surface area (Å²) in [4.78, 5) is 0. The van der Waals surface area contributed by atoms with Crippen molar-refractivity contribution in [2.45, 2.75) is 45.4 Å². The van der Waals surface area contributed by atoms with Crippen molar-refractivity contribution >= 4 is 10.0 Å². The van der Waals surface area contributed by atoms with Gasteiger partial charge in [-0.15, -0.1) is 0 Å². The molecule has 4 heteroatoms. The lowest BCUT2D eigenvalue weighted by atomic mass is 10.2. The van der Waals surface area contributed by atoms with Crippen LogP contribution >= 0.6 is 0 Å². The highest BCUT2D eigenvalue weighted by atomic mass is 32.2. The van der Waals surface area contributed by atoms with Gasteiger partial charge in [-0.1, -0.05) is 32.3 Å². The Labute approximate surface area is 93.2 Å². The molecule has 0 saturated carbocycles. The van der Waals surface area contributed by atoms with Crippen molar-refractivity contribution in [3.8, 4) is 0 Å². The number of nitrogens with zero attached hydrogens (tertiary/aromatic N) is 1. The molecule has 0 aromatic rings. The largest absolute Gasteiger partial charge is 0.235 e. The second-order valence-corrected chi connectivity index (χ2v) is 5.84. The molecule has 0 aromatic heterocycles. The van der Waals surface area contributed by atoms with Crippen LogP contribution in [-0.4, -0.2) is 25.8 Å². The molecule has 1 heterocycles. The first-order chi connectivity index (χ1) is 7.17. The summed E-state index contributed by atoms with van der Waals surface area (Å²) in [6.45, 7) is 3.49. The van der Waals surface area contributed by atoms with E-state index in [0.29, 0.717) is 13.1 Å². The predicted octanol–water partition coefficient (Wildman–Crippen LogP) is 2.51. The van der Waals surface area contributed by atoms with Crippen LogP contribution in [0.3, 0.4) is 0 Å². The summed E-state index contributed by atoms with van der Waals surface area (Å²) in [5.41, 5.74) is 0. The van der Waals surface area contributed by atoms with E-state index < -0.39 is 10.0 Å². The fourth-order valence-corrected chi connectivity index (χ4v) is 3.04. The molecule has 0 atom stereocenters. The van der Waals surface area contributed by atoms with Crippen molar-refractivity contribution in [3.63, 3.8) is 0 Å². The minimum atomic E-state index is -3.11. The number of allylic oxidation sites excluding steroid dienone is 1. The van der Waals surface area contributed by atoms with E-state index in [1.165, 1.54) is 5.41 Å². The van der Waals surface area contributed by atoms with E-state index in [1.54, 1.807) is 10.4 Å². The van der Waals surface area contributed by atoms with Gasteiger partial charge < -0.3 is 0 Å². The Morgan fingerprint density at radius 2 is 1.87 bits per heavy atom. The van der Waals surface area contributed by atoms with Crippen LogP contribution in [-0.2, 0) is 10.0 Å². The quantitative estimate of drug-likeness (QED) is 0.682. The molecule has 1 fully saturated rings. The topological polar surface area (TPSA) is 37.4 Å². The molecule has 1 aliphatic rings.